The molecule has 0 aromatic heterocycles. The lowest BCUT2D eigenvalue weighted by Gasteiger charge is -2.31. The Balaban J connectivity index is 2.34. The van der Waals surface area contributed by atoms with Crippen molar-refractivity contribution >= 4 is 21.6 Å². The number of ether oxygens (including phenoxy) is 1. The summed E-state index contributed by atoms with van der Waals surface area (Å²) in [5.74, 6) is 0.754. The highest BCUT2D eigenvalue weighted by atomic mass is 79.9. The third-order valence-electron chi connectivity index (χ3n) is 3.32. The van der Waals surface area contributed by atoms with Gasteiger partial charge in [-0.25, -0.2) is 0 Å². The predicted molar refractivity (Wildman–Crippen MR) is 85.2 cm³/mol. The topological polar surface area (TPSA) is 41.5 Å². The smallest absolute Gasteiger partial charge is 0.141 e. The van der Waals surface area contributed by atoms with Crippen LogP contribution in [0.15, 0.2) is 53.0 Å². The third kappa shape index (κ3) is 3.14. The molecule has 0 aliphatic heterocycles. The van der Waals surface area contributed by atoms with Crippen LogP contribution in [0, 0.1) is 0 Å². The van der Waals surface area contributed by atoms with Crippen LogP contribution in [0.3, 0.4) is 0 Å². The number of rotatable bonds is 5. The van der Waals surface area contributed by atoms with Gasteiger partial charge in [-0.3, -0.25) is 0 Å². The van der Waals surface area contributed by atoms with Crippen molar-refractivity contribution in [3.05, 3.63) is 58.6 Å². The van der Waals surface area contributed by atoms with E-state index in [1.54, 1.807) is 7.11 Å². The van der Waals surface area contributed by atoms with Crippen LogP contribution in [-0.2, 0) is 5.54 Å². The lowest BCUT2D eigenvalue weighted by atomic mass is 9.92. The van der Waals surface area contributed by atoms with Gasteiger partial charge < -0.3 is 15.2 Å². The molecule has 0 saturated heterocycles. The molecule has 1 unspecified atom stereocenters. The quantitative estimate of drug-likeness (QED) is 0.873. The van der Waals surface area contributed by atoms with E-state index in [1.165, 1.54) is 0 Å². The molecule has 0 aliphatic carbocycles. The molecule has 106 valence electrons. The Morgan fingerprint density at radius 3 is 2.40 bits per heavy atom. The zero-order valence-corrected chi connectivity index (χ0v) is 13.1. The molecule has 0 bridgehead atoms. The molecule has 0 heterocycles. The summed E-state index contributed by atoms with van der Waals surface area (Å²) in [4.78, 5) is 0. The van der Waals surface area contributed by atoms with Gasteiger partial charge in [0.05, 0.1) is 24.9 Å². The minimum atomic E-state index is -0.574. The van der Waals surface area contributed by atoms with Gasteiger partial charge in [-0.05, 0) is 36.8 Å². The Labute approximate surface area is 127 Å². The van der Waals surface area contributed by atoms with Crippen LogP contribution < -0.4 is 10.1 Å². The SMILES string of the molecule is COc1ccccc1NC(C)(CO)c1ccc(Br)cc1. The van der Waals surface area contributed by atoms with Crippen molar-refractivity contribution < 1.29 is 9.84 Å². The summed E-state index contributed by atoms with van der Waals surface area (Å²) in [6.45, 7) is 1.94. The van der Waals surface area contributed by atoms with Crippen molar-refractivity contribution in [1.29, 1.82) is 0 Å². The van der Waals surface area contributed by atoms with E-state index in [9.17, 15) is 5.11 Å². The number of hydrogen-bond acceptors (Lipinski definition) is 3. The van der Waals surface area contributed by atoms with E-state index in [0.29, 0.717) is 0 Å². The van der Waals surface area contributed by atoms with Crippen molar-refractivity contribution in [3.8, 4) is 5.75 Å². The van der Waals surface area contributed by atoms with Crippen LogP contribution in [0.4, 0.5) is 5.69 Å². The van der Waals surface area contributed by atoms with E-state index in [4.69, 9.17) is 4.74 Å². The summed E-state index contributed by atoms with van der Waals surface area (Å²) >= 11 is 3.42. The van der Waals surface area contributed by atoms with Crippen LogP contribution in [0.25, 0.3) is 0 Å². The minimum absolute atomic E-state index is 0.0211. The van der Waals surface area contributed by atoms with E-state index in [2.05, 4.69) is 21.2 Å². The zero-order valence-electron chi connectivity index (χ0n) is 11.6. The maximum Gasteiger partial charge on any atom is 0.141 e. The first-order valence-corrected chi connectivity index (χ1v) is 7.16. The van der Waals surface area contributed by atoms with Gasteiger partial charge in [0, 0.05) is 4.47 Å². The van der Waals surface area contributed by atoms with E-state index < -0.39 is 5.54 Å². The molecule has 0 radical (unpaired) electrons. The molecule has 0 amide bonds. The van der Waals surface area contributed by atoms with Crippen LogP contribution in [0.1, 0.15) is 12.5 Å². The molecule has 4 heteroatoms. The van der Waals surface area contributed by atoms with Gasteiger partial charge in [0.25, 0.3) is 0 Å². The standard InChI is InChI=1S/C16H18BrNO2/c1-16(11-19,12-7-9-13(17)10-8-12)18-14-5-3-4-6-15(14)20-2/h3-10,18-19H,11H2,1-2H3. The van der Waals surface area contributed by atoms with Crippen molar-refractivity contribution in [2.45, 2.75) is 12.5 Å². The highest BCUT2D eigenvalue weighted by Gasteiger charge is 2.26. The van der Waals surface area contributed by atoms with Crippen molar-refractivity contribution in [1.82, 2.24) is 0 Å². The van der Waals surface area contributed by atoms with Gasteiger partial charge in [0.15, 0.2) is 0 Å². The number of hydrogen-bond donors (Lipinski definition) is 2. The summed E-state index contributed by atoms with van der Waals surface area (Å²) in [6, 6.07) is 15.6. The van der Waals surface area contributed by atoms with E-state index in [0.717, 1.165) is 21.5 Å². The molecule has 2 rings (SSSR count). The Morgan fingerprint density at radius 1 is 1.15 bits per heavy atom. The maximum absolute atomic E-state index is 9.82. The second-order valence-corrected chi connectivity index (χ2v) is 5.74. The summed E-state index contributed by atoms with van der Waals surface area (Å²) < 4.78 is 6.35. The van der Waals surface area contributed by atoms with Crippen LogP contribution in [0.5, 0.6) is 5.75 Å². The second kappa shape index (κ2) is 6.29. The van der Waals surface area contributed by atoms with Crippen molar-refractivity contribution in [2.24, 2.45) is 0 Å². The largest absolute Gasteiger partial charge is 0.495 e. The lowest BCUT2D eigenvalue weighted by Crippen LogP contribution is -2.35. The predicted octanol–water partition coefficient (Wildman–Crippen LogP) is 3.78. The van der Waals surface area contributed by atoms with Gasteiger partial charge in [0.2, 0.25) is 0 Å². The number of benzene rings is 2. The summed E-state index contributed by atoms with van der Waals surface area (Å²) in [6.07, 6.45) is 0. The first-order chi connectivity index (χ1) is 9.59. The summed E-state index contributed by atoms with van der Waals surface area (Å²) in [7, 11) is 1.64. The molecule has 0 spiro atoms. The number of para-hydroxylation sites is 2. The Kier molecular flexibility index (Phi) is 4.68. The molecule has 3 nitrogen and oxygen atoms in total. The first-order valence-electron chi connectivity index (χ1n) is 6.37. The van der Waals surface area contributed by atoms with Crippen LogP contribution >= 0.6 is 15.9 Å². The fourth-order valence-corrected chi connectivity index (χ4v) is 2.33. The Morgan fingerprint density at radius 2 is 1.80 bits per heavy atom. The average Bonchev–Trinajstić information content (AvgIpc) is 2.48. The second-order valence-electron chi connectivity index (χ2n) is 4.82. The molecule has 0 fully saturated rings. The Bertz CT molecular complexity index is 571. The minimum Gasteiger partial charge on any atom is -0.495 e. The fourth-order valence-electron chi connectivity index (χ4n) is 2.07. The van der Waals surface area contributed by atoms with Gasteiger partial charge in [-0.2, -0.15) is 0 Å². The zero-order chi connectivity index (χ0) is 14.6. The fraction of sp³-hybridized carbons (Fsp3) is 0.250. The highest BCUT2D eigenvalue weighted by molar-refractivity contribution is 9.10. The van der Waals surface area contributed by atoms with Crippen molar-refractivity contribution in [3.63, 3.8) is 0 Å². The monoisotopic (exact) mass is 335 g/mol. The summed E-state index contributed by atoms with van der Waals surface area (Å²) in [5, 5.41) is 13.2. The molecule has 2 aromatic rings. The van der Waals surface area contributed by atoms with Gasteiger partial charge >= 0.3 is 0 Å². The molecule has 1 atom stereocenters. The first kappa shape index (κ1) is 14.9. The molecule has 20 heavy (non-hydrogen) atoms. The molecule has 2 aromatic carbocycles. The molecule has 0 saturated carbocycles. The van der Waals surface area contributed by atoms with Crippen molar-refractivity contribution in [2.75, 3.05) is 19.0 Å². The van der Waals surface area contributed by atoms with Gasteiger partial charge in [-0.15, -0.1) is 0 Å². The molecular formula is C16H18BrNO2. The Hall–Kier alpha value is -1.52. The number of anilines is 1. The number of halogens is 1. The van der Waals surface area contributed by atoms with E-state index in [1.807, 2.05) is 55.5 Å². The summed E-state index contributed by atoms with van der Waals surface area (Å²) in [5.41, 5.74) is 1.29. The molecule has 2 N–H and O–H groups in total. The number of nitrogens with one attached hydrogen (secondary N) is 1. The van der Waals surface area contributed by atoms with E-state index >= 15 is 0 Å². The van der Waals surface area contributed by atoms with Gasteiger partial charge in [-0.1, -0.05) is 40.2 Å². The number of methoxy groups -OCH3 is 1. The van der Waals surface area contributed by atoms with E-state index in [-0.39, 0.29) is 6.61 Å². The van der Waals surface area contributed by atoms with Crippen LogP contribution in [-0.4, -0.2) is 18.8 Å². The van der Waals surface area contributed by atoms with Crippen LogP contribution in [0.2, 0.25) is 0 Å². The number of aliphatic hydroxyl groups is 1. The third-order valence-corrected chi connectivity index (χ3v) is 3.84. The highest BCUT2D eigenvalue weighted by Crippen LogP contribution is 2.31. The maximum atomic E-state index is 9.82. The molecule has 0 aliphatic rings. The number of aliphatic hydroxyl groups excluding tert-OH is 1. The average molecular weight is 336 g/mol. The normalized spacial score (nSPS) is 13.6. The lowest BCUT2D eigenvalue weighted by molar-refractivity contribution is 0.223. The molecular weight excluding hydrogens is 318 g/mol. The van der Waals surface area contributed by atoms with Gasteiger partial charge in [0.1, 0.15) is 5.75 Å².